The highest BCUT2D eigenvalue weighted by atomic mass is 19.4. The Hall–Kier alpha value is -3.43. The average Bonchev–Trinajstić information content (AvgIpc) is 2.86. The van der Waals surface area contributed by atoms with E-state index >= 15 is 0 Å². The first-order valence-corrected chi connectivity index (χ1v) is 7.65. The van der Waals surface area contributed by atoms with Crippen molar-refractivity contribution in [3.8, 4) is 5.88 Å². The van der Waals surface area contributed by atoms with Gasteiger partial charge in [-0.05, 0) is 31.2 Å². The van der Waals surface area contributed by atoms with Gasteiger partial charge >= 0.3 is 12.1 Å². The summed E-state index contributed by atoms with van der Waals surface area (Å²) < 4.78 is 43.3. The molecule has 7 nitrogen and oxygen atoms in total. The first-order chi connectivity index (χ1) is 12.7. The second-order valence-electron chi connectivity index (χ2n) is 5.31. The Morgan fingerprint density at radius 2 is 1.67 bits per heavy atom. The number of hydroxylamine groups is 2. The molecule has 1 aromatic carbocycles. The lowest BCUT2D eigenvalue weighted by molar-refractivity contribution is -0.141. The number of alkyl halides is 3. The van der Waals surface area contributed by atoms with Crippen molar-refractivity contribution >= 4 is 17.8 Å². The van der Waals surface area contributed by atoms with E-state index in [0.29, 0.717) is 6.07 Å². The molecule has 3 rings (SSSR count). The monoisotopic (exact) mass is 380 g/mol. The number of carbonyl (C=O) groups is 3. The van der Waals surface area contributed by atoms with Gasteiger partial charge in [0, 0.05) is 0 Å². The summed E-state index contributed by atoms with van der Waals surface area (Å²) in [6.45, 7) is 1.42. The van der Waals surface area contributed by atoms with Crippen molar-refractivity contribution in [1.82, 2.24) is 10.0 Å². The number of pyridine rings is 1. The Bertz CT molecular complexity index is 907. The SMILES string of the molecule is CCOc1nc(C(F)(F)F)ccc1C(=O)ON1C(=O)c2ccccc2C1=O. The molecule has 0 spiro atoms. The number of imide groups is 1. The summed E-state index contributed by atoms with van der Waals surface area (Å²) in [6, 6.07) is 7.21. The minimum atomic E-state index is -4.74. The predicted octanol–water partition coefficient (Wildman–Crippen LogP) is 2.87. The Morgan fingerprint density at radius 1 is 1.07 bits per heavy atom. The molecule has 140 valence electrons. The number of benzene rings is 1. The zero-order chi connectivity index (χ0) is 19.8. The molecule has 1 aromatic heterocycles. The van der Waals surface area contributed by atoms with Gasteiger partial charge in [0.2, 0.25) is 5.88 Å². The fraction of sp³-hybridized carbons (Fsp3) is 0.176. The number of hydrogen-bond donors (Lipinski definition) is 0. The highest BCUT2D eigenvalue weighted by Gasteiger charge is 2.40. The summed E-state index contributed by atoms with van der Waals surface area (Å²) in [5, 5.41) is 0.250. The molecule has 0 saturated heterocycles. The number of halogens is 3. The van der Waals surface area contributed by atoms with Gasteiger partial charge in [-0.25, -0.2) is 9.78 Å². The van der Waals surface area contributed by atoms with E-state index < -0.39 is 41.1 Å². The molecule has 0 N–H and O–H groups in total. The molecule has 2 amide bonds. The highest BCUT2D eigenvalue weighted by molar-refractivity contribution is 6.21. The summed E-state index contributed by atoms with van der Waals surface area (Å²) in [5.41, 5.74) is -1.62. The first kappa shape index (κ1) is 18.4. The van der Waals surface area contributed by atoms with Crippen molar-refractivity contribution in [3.05, 3.63) is 58.8 Å². The Kier molecular flexibility index (Phi) is 4.56. The van der Waals surface area contributed by atoms with Crippen molar-refractivity contribution in [2.45, 2.75) is 13.1 Å². The van der Waals surface area contributed by atoms with Gasteiger partial charge in [0.25, 0.3) is 11.8 Å². The maximum absolute atomic E-state index is 12.8. The molecule has 10 heteroatoms. The van der Waals surface area contributed by atoms with Crippen molar-refractivity contribution in [2.75, 3.05) is 6.61 Å². The first-order valence-electron chi connectivity index (χ1n) is 7.65. The summed E-state index contributed by atoms with van der Waals surface area (Å²) in [5.74, 6) is -3.59. The van der Waals surface area contributed by atoms with E-state index in [-0.39, 0.29) is 22.8 Å². The van der Waals surface area contributed by atoms with Crippen molar-refractivity contribution in [3.63, 3.8) is 0 Å². The Balaban J connectivity index is 1.89. The maximum Gasteiger partial charge on any atom is 0.433 e. The largest absolute Gasteiger partial charge is 0.477 e. The van der Waals surface area contributed by atoms with Crippen LogP contribution in [0, 0.1) is 0 Å². The van der Waals surface area contributed by atoms with Gasteiger partial charge in [-0.3, -0.25) is 9.59 Å². The van der Waals surface area contributed by atoms with Crippen LogP contribution in [0.15, 0.2) is 36.4 Å². The number of aromatic nitrogens is 1. The van der Waals surface area contributed by atoms with Gasteiger partial charge < -0.3 is 9.57 Å². The summed E-state index contributed by atoms with van der Waals surface area (Å²) in [4.78, 5) is 44.8. The second-order valence-corrected chi connectivity index (χ2v) is 5.31. The number of hydrogen-bond acceptors (Lipinski definition) is 6. The number of rotatable bonds is 4. The molecule has 0 radical (unpaired) electrons. The van der Waals surface area contributed by atoms with Crippen LogP contribution in [-0.2, 0) is 11.0 Å². The smallest absolute Gasteiger partial charge is 0.433 e. The molecule has 0 bridgehead atoms. The molecule has 2 heterocycles. The normalized spacial score (nSPS) is 13.6. The van der Waals surface area contributed by atoms with Gasteiger partial charge in [0.1, 0.15) is 11.3 Å². The average molecular weight is 380 g/mol. The van der Waals surface area contributed by atoms with Gasteiger partial charge in [-0.15, -0.1) is 0 Å². The van der Waals surface area contributed by atoms with Crippen LogP contribution >= 0.6 is 0 Å². The quantitative estimate of drug-likeness (QED) is 0.759. The van der Waals surface area contributed by atoms with E-state index in [1.807, 2.05) is 0 Å². The van der Waals surface area contributed by atoms with Crippen molar-refractivity contribution < 1.29 is 37.1 Å². The summed E-state index contributed by atoms with van der Waals surface area (Å²) in [7, 11) is 0. The molecule has 0 fully saturated rings. The third-order valence-electron chi connectivity index (χ3n) is 3.58. The Morgan fingerprint density at radius 3 is 2.19 bits per heavy atom. The van der Waals surface area contributed by atoms with Crippen LogP contribution in [0.25, 0.3) is 0 Å². The minimum absolute atomic E-state index is 0.0471. The van der Waals surface area contributed by atoms with Gasteiger partial charge in [0.05, 0.1) is 17.7 Å². The van der Waals surface area contributed by atoms with E-state index in [2.05, 4.69) is 4.98 Å². The Labute approximate surface area is 150 Å². The van der Waals surface area contributed by atoms with E-state index in [1.165, 1.54) is 31.2 Å². The van der Waals surface area contributed by atoms with E-state index in [1.54, 1.807) is 0 Å². The number of nitrogens with zero attached hydrogens (tertiary/aromatic N) is 2. The van der Waals surface area contributed by atoms with Crippen molar-refractivity contribution in [1.29, 1.82) is 0 Å². The van der Waals surface area contributed by atoms with Crippen LogP contribution in [-0.4, -0.2) is 34.4 Å². The molecule has 0 saturated carbocycles. The topological polar surface area (TPSA) is 85.8 Å². The zero-order valence-electron chi connectivity index (χ0n) is 13.7. The van der Waals surface area contributed by atoms with Crippen LogP contribution in [0.5, 0.6) is 5.88 Å². The second kappa shape index (κ2) is 6.71. The number of ether oxygens (including phenoxy) is 1. The van der Waals surface area contributed by atoms with Gasteiger partial charge in [-0.1, -0.05) is 17.2 Å². The lowest BCUT2D eigenvalue weighted by Crippen LogP contribution is -2.33. The molecular weight excluding hydrogens is 369 g/mol. The zero-order valence-corrected chi connectivity index (χ0v) is 13.7. The predicted molar refractivity (Wildman–Crippen MR) is 82.8 cm³/mol. The number of fused-ring (bicyclic) bond motifs is 1. The fourth-order valence-electron chi connectivity index (χ4n) is 2.38. The van der Waals surface area contributed by atoms with E-state index in [4.69, 9.17) is 9.57 Å². The lowest BCUT2D eigenvalue weighted by Gasteiger charge is -2.15. The molecule has 1 aliphatic rings. The molecule has 2 aromatic rings. The third kappa shape index (κ3) is 3.33. The van der Waals surface area contributed by atoms with Crippen molar-refractivity contribution in [2.24, 2.45) is 0 Å². The van der Waals surface area contributed by atoms with Crippen LogP contribution < -0.4 is 4.74 Å². The van der Waals surface area contributed by atoms with Gasteiger partial charge in [0.15, 0.2) is 0 Å². The number of carbonyl (C=O) groups excluding carboxylic acids is 3. The van der Waals surface area contributed by atoms with Crippen LogP contribution in [0.3, 0.4) is 0 Å². The third-order valence-corrected chi connectivity index (χ3v) is 3.58. The molecule has 0 unspecified atom stereocenters. The minimum Gasteiger partial charge on any atom is -0.477 e. The summed E-state index contributed by atoms with van der Waals surface area (Å²) >= 11 is 0. The number of amides is 2. The molecule has 0 aliphatic carbocycles. The lowest BCUT2D eigenvalue weighted by atomic mass is 10.1. The van der Waals surface area contributed by atoms with Crippen LogP contribution in [0.2, 0.25) is 0 Å². The molecule has 0 atom stereocenters. The fourth-order valence-corrected chi connectivity index (χ4v) is 2.38. The standard InChI is InChI=1S/C17H11F3N2O5/c1-2-26-13-11(7-8-12(21-13)17(18,19)20)16(25)27-22-14(23)9-5-3-4-6-10(9)15(22)24/h3-8H,2H2,1H3. The van der Waals surface area contributed by atoms with E-state index in [9.17, 15) is 27.6 Å². The van der Waals surface area contributed by atoms with Crippen LogP contribution in [0.1, 0.15) is 43.7 Å². The van der Waals surface area contributed by atoms with Crippen LogP contribution in [0.4, 0.5) is 13.2 Å². The summed E-state index contributed by atoms with van der Waals surface area (Å²) in [6.07, 6.45) is -4.74. The van der Waals surface area contributed by atoms with Gasteiger partial charge in [-0.2, -0.15) is 13.2 Å². The molecule has 27 heavy (non-hydrogen) atoms. The highest BCUT2D eigenvalue weighted by Crippen LogP contribution is 2.31. The molecular formula is C17H11F3N2O5. The van der Waals surface area contributed by atoms with E-state index in [0.717, 1.165) is 6.07 Å². The maximum atomic E-state index is 12.8. The molecule has 1 aliphatic heterocycles.